The maximum Gasteiger partial charge on any atom is 0.261 e. The lowest BCUT2D eigenvalue weighted by Crippen LogP contribution is -2.40. The SMILES string of the molecule is CC(C)(C)NC(=O)c1cccc(S(=O)(=O)Nc2ccc(F)c(Cl)c2)c1. The van der Waals surface area contributed by atoms with Gasteiger partial charge in [-0.15, -0.1) is 0 Å². The van der Waals surface area contributed by atoms with Gasteiger partial charge in [0.25, 0.3) is 15.9 Å². The Morgan fingerprint density at radius 1 is 1.12 bits per heavy atom. The highest BCUT2D eigenvalue weighted by molar-refractivity contribution is 7.92. The Balaban J connectivity index is 2.29. The van der Waals surface area contributed by atoms with Gasteiger partial charge in [-0.3, -0.25) is 9.52 Å². The topological polar surface area (TPSA) is 75.3 Å². The number of sulfonamides is 1. The standard InChI is InChI=1S/C17H18ClFN2O3S/c1-17(2,3)20-16(22)11-5-4-6-13(9-11)25(23,24)21-12-7-8-15(19)14(18)10-12/h4-10,21H,1-3H3,(H,20,22). The molecule has 0 heterocycles. The summed E-state index contributed by atoms with van der Waals surface area (Å²) in [5.74, 6) is -1.03. The second kappa shape index (κ2) is 7.01. The second-order valence-electron chi connectivity index (χ2n) is 6.47. The van der Waals surface area contributed by atoms with E-state index in [-0.39, 0.29) is 27.1 Å². The lowest BCUT2D eigenvalue weighted by molar-refractivity contribution is 0.0919. The molecule has 2 rings (SSSR count). The van der Waals surface area contributed by atoms with E-state index in [4.69, 9.17) is 11.6 Å². The van der Waals surface area contributed by atoms with Gasteiger partial charge in [0.05, 0.1) is 15.6 Å². The number of halogens is 2. The number of hydrogen-bond acceptors (Lipinski definition) is 3. The molecule has 0 aliphatic carbocycles. The van der Waals surface area contributed by atoms with Crippen LogP contribution in [0, 0.1) is 5.82 Å². The molecular weight excluding hydrogens is 367 g/mol. The van der Waals surface area contributed by atoms with E-state index in [1.54, 1.807) is 0 Å². The number of carbonyl (C=O) groups excluding carboxylic acids is 1. The van der Waals surface area contributed by atoms with Gasteiger partial charge in [-0.25, -0.2) is 12.8 Å². The normalized spacial score (nSPS) is 11.9. The van der Waals surface area contributed by atoms with Crippen molar-refractivity contribution in [1.29, 1.82) is 0 Å². The van der Waals surface area contributed by atoms with Crippen LogP contribution in [0.15, 0.2) is 47.4 Å². The summed E-state index contributed by atoms with van der Waals surface area (Å²) in [5.41, 5.74) is -0.111. The predicted molar refractivity (Wildman–Crippen MR) is 95.9 cm³/mol. The van der Waals surface area contributed by atoms with Gasteiger partial charge >= 0.3 is 0 Å². The largest absolute Gasteiger partial charge is 0.347 e. The molecule has 2 aromatic carbocycles. The van der Waals surface area contributed by atoms with Gasteiger partial charge in [-0.2, -0.15) is 0 Å². The molecule has 0 spiro atoms. The molecule has 0 aliphatic heterocycles. The van der Waals surface area contributed by atoms with E-state index in [1.165, 1.54) is 36.4 Å². The zero-order chi connectivity index (χ0) is 18.8. The van der Waals surface area contributed by atoms with Crippen LogP contribution in [0.2, 0.25) is 5.02 Å². The Morgan fingerprint density at radius 3 is 2.40 bits per heavy atom. The average molecular weight is 385 g/mol. The quantitative estimate of drug-likeness (QED) is 0.841. The van der Waals surface area contributed by atoms with Crippen molar-refractivity contribution >= 4 is 33.2 Å². The van der Waals surface area contributed by atoms with Crippen LogP contribution in [0.3, 0.4) is 0 Å². The first kappa shape index (κ1) is 19.2. The average Bonchev–Trinajstić information content (AvgIpc) is 2.49. The summed E-state index contributed by atoms with van der Waals surface area (Å²) in [6.07, 6.45) is 0. The minimum absolute atomic E-state index is 0.0884. The summed E-state index contributed by atoms with van der Waals surface area (Å²) < 4.78 is 40.4. The van der Waals surface area contributed by atoms with Gasteiger partial charge < -0.3 is 5.32 Å². The lowest BCUT2D eigenvalue weighted by atomic mass is 10.1. The van der Waals surface area contributed by atoms with Gasteiger partial charge in [0.15, 0.2) is 0 Å². The number of rotatable bonds is 4. The molecule has 0 fully saturated rings. The fourth-order valence-electron chi connectivity index (χ4n) is 1.99. The predicted octanol–water partition coefficient (Wildman–Crippen LogP) is 3.81. The minimum Gasteiger partial charge on any atom is -0.347 e. The summed E-state index contributed by atoms with van der Waals surface area (Å²) in [7, 11) is -3.95. The van der Waals surface area contributed by atoms with Crippen molar-refractivity contribution in [3.63, 3.8) is 0 Å². The molecule has 0 saturated heterocycles. The molecule has 0 aliphatic rings. The van der Waals surface area contributed by atoms with Gasteiger partial charge in [-0.1, -0.05) is 17.7 Å². The van der Waals surface area contributed by atoms with Crippen molar-refractivity contribution in [2.24, 2.45) is 0 Å². The molecule has 0 unspecified atom stereocenters. The Labute approximate surface area is 151 Å². The van der Waals surface area contributed by atoms with Gasteiger partial charge in [-0.05, 0) is 57.2 Å². The molecule has 5 nitrogen and oxygen atoms in total. The maximum atomic E-state index is 13.2. The van der Waals surface area contributed by atoms with Crippen LogP contribution in [0.1, 0.15) is 31.1 Å². The Morgan fingerprint density at radius 2 is 1.80 bits per heavy atom. The van der Waals surface area contributed by atoms with E-state index in [0.717, 1.165) is 6.07 Å². The summed E-state index contributed by atoms with van der Waals surface area (Å²) >= 11 is 5.65. The van der Waals surface area contributed by atoms with Crippen LogP contribution in [-0.4, -0.2) is 19.9 Å². The molecule has 25 heavy (non-hydrogen) atoms. The molecule has 2 aromatic rings. The molecule has 0 bridgehead atoms. The van der Waals surface area contributed by atoms with Crippen molar-refractivity contribution in [2.45, 2.75) is 31.2 Å². The molecular formula is C17H18ClFN2O3S. The molecule has 2 N–H and O–H groups in total. The summed E-state index contributed by atoms with van der Waals surface area (Å²) in [6, 6.07) is 9.13. The van der Waals surface area contributed by atoms with Crippen molar-refractivity contribution in [3.05, 3.63) is 58.9 Å². The maximum absolute atomic E-state index is 13.2. The molecule has 0 radical (unpaired) electrons. The van der Waals surface area contributed by atoms with Crippen molar-refractivity contribution in [2.75, 3.05) is 4.72 Å². The highest BCUT2D eigenvalue weighted by Gasteiger charge is 2.19. The number of benzene rings is 2. The third kappa shape index (κ3) is 5.17. The fraction of sp³-hybridized carbons (Fsp3) is 0.235. The number of hydrogen-bond donors (Lipinski definition) is 2. The van der Waals surface area contributed by atoms with Gasteiger partial charge in [0, 0.05) is 11.1 Å². The van der Waals surface area contributed by atoms with E-state index < -0.39 is 21.4 Å². The van der Waals surface area contributed by atoms with Gasteiger partial charge in [0.2, 0.25) is 0 Å². The molecule has 0 aromatic heterocycles. The van der Waals surface area contributed by atoms with Gasteiger partial charge in [0.1, 0.15) is 5.82 Å². The summed E-state index contributed by atoms with van der Waals surface area (Å²) in [6.45, 7) is 5.47. The Hall–Kier alpha value is -2.12. The molecule has 134 valence electrons. The van der Waals surface area contributed by atoms with E-state index in [1.807, 2.05) is 20.8 Å². The van der Waals surface area contributed by atoms with E-state index >= 15 is 0 Å². The smallest absolute Gasteiger partial charge is 0.261 e. The number of nitrogens with one attached hydrogen (secondary N) is 2. The van der Waals surface area contributed by atoms with Crippen molar-refractivity contribution < 1.29 is 17.6 Å². The summed E-state index contributed by atoms with van der Waals surface area (Å²) in [4.78, 5) is 12.1. The fourth-order valence-corrected chi connectivity index (χ4v) is 3.27. The number of carbonyl (C=O) groups is 1. The van der Waals surface area contributed by atoms with Crippen LogP contribution >= 0.6 is 11.6 Å². The number of amides is 1. The third-order valence-corrected chi connectivity index (χ3v) is 4.74. The molecule has 0 saturated carbocycles. The zero-order valence-electron chi connectivity index (χ0n) is 13.9. The first-order valence-corrected chi connectivity index (χ1v) is 9.24. The monoisotopic (exact) mass is 384 g/mol. The van der Waals surface area contributed by atoms with Crippen LogP contribution in [-0.2, 0) is 10.0 Å². The van der Waals surface area contributed by atoms with Crippen LogP contribution in [0.5, 0.6) is 0 Å². The van der Waals surface area contributed by atoms with Crippen molar-refractivity contribution in [3.8, 4) is 0 Å². The summed E-state index contributed by atoms with van der Waals surface area (Å²) in [5, 5.41) is 2.57. The Bertz CT molecular complexity index is 908. The highest BCUT2D eigenvalue weighted by Crippen LogP contribution is 2.22. The van der Waals surface area contributed by atoms with E-state index in [0.29, 0.717) is 0 Å². The first-order valence-electron chi connectivity index (χ1n) is 7.38. The third-order valence-electron chi connectivity index (χ3n) is 3.07. The highest BCUT2D eigenvalue weighted by atomic mass is 35.5. The zero-order valence-corrected chi connectivity index (χ0v) is 15.5. The molecule has 1 amide bonds. The molecule has 8 heteroatoms. The molecule has 0 atom stereocenters. The minimum atomic E-state index is -3.95. The van der Waals surface area contributed by atoms with Crippen molar-refractivity contribution in [1.82, 2.24) is 5.32 Å². The second-order valence-corrected chi connectivity index (χ2v) is 8.56. The Kier molecular flexibility index (Phi) is 5.39. The lowest BCUT2D eigenvalue weighted by Gasteiger charge is -2.20. The van der Waals surface area contributed by atoms with E-state index in [9.17, 15) is 17.6 Å². The van der Waals surface area contributed by atoms with Crippen LogP contribution < -0.4 is 10.0 Å². The van der Waals surface area contributed by atoms with E-state index in [2.05, 4.69) is 10.0 Å². The van der Waals surface area contributed by atoms with Crippen LogP contribution in [0.4, 0.5) is 10.1 Å². The first-order chi connectivity index (χ1) is 11.5. The van der Waals surface area contributed by atoms with Crippen LogP contribution in [0.25, 0.3) is 0 Å². The number of anilines is 1.